The number of aliphatic hydroxyl groups excluding tert-OH is 1. The third-order valence-corrected chi connectivity index (χ3v) is 4.08. The Morgan fingerprint density at radius 2 is 1.64 bits per heavy atom. The average molecular weight is 299 g/mol. The van der Waals surface area contributed by atoms with E-state index in [2.05, 4.69) is 13.2 Å². The molecule has 1 N–H and O–H groups in total. The summed E-state index contributed by atoms with van der Waals surface area (Å²) in [5, 5.41) is 10.4. The second kappa shape index (κ2) is 6.71. The van der Waals surface area contributed by atoms with Crippen LogP contribution >= 0.6 is 0 Å². The molecule has 1 aliphatic rings. The highest BCUT2D eigenvalue weighted by Crippen LogP contribution is 2.27. The normalized spacial score (nSPS) is 17.8. The number of hydrogen-bond acceptors (Lipinski definition) is 3. The van der Waals surface area contributed by atoms with Crippen LogP contribution in [-0.4, -0.2) is 34.0 Å². The van der Waals surface area contributed by atoms with Gasteiger partial charge in [0.15, 0.2) is 0 Å². The summed E-state index contributed by atoms with van der Waals surface area (Å²) < 4.78 is 0. The first kappa shape index (κ1) is 16.2. The summed E-state index contributed by atoms with van der Waals surface area (Å²) in [5.74, 6) is -0.482. The van der Waals surface area contributed by atoms with Gasteiger partial charge in [-0.1, -0.05) is 31.2 Å². The number of hydrogen-bond donors (Lipinski definition) is 1. The van der Waals surface area contributed by atoms with Crippen LogP contribution in [0.25, 0.3) is 0 Å². The summed E-state index contributed by atoms with van der Waals surface area (Å²) in [6.07, 6.45) is 3.65. The highest BCUT2D eigenvalue weighted by atomic mass is 16.3. The van der Waals surface area contributed by atoms with Gasteiger partial charge in [-0.15, -0.1) is 13.2 Å². The molecule has 0 aliphatic carbocycles. The Morgan fingerprint density at radius 3 is 2.09 bits per heavy atom. The lowest BCUT2D eigenvalue weighted by molar-refractivity contribution is 0.0406. The molecule has 1 aromatic rings. The van der Waals surface area contributed by atoms with Crippen LogP contribution < -0.4 is 0 Å². The van der Waals surface area contributed by atoms with Crippen molar-refractivity contribution in [3.63, 3.8) is 0 Å². The van der Waals surface area contributed by atoms with Crippen molar-refractivity contribution in [2.45, 2.75) is 31.9 Å². The van der Waals surface area contributed by atoms with Crippen molar-refractivity contribution in [1.82, 2.24) is 4.90 Å². The third kappa shape index (κ3) is 2.88. The Labute approximate surface area is 130 Å². The molecule has 3 atom stereocenters. The average Bonchev–Trinajstić information content (AvgIpc) is 2.79. The number of rotatable bonds is 7. The van der Waals surface area contributed by atoms with Crippen LogP contribution in [-0.2, 0) is 0 Å². The number of benzene rings is 1. The minimum atomic E-state index is -0.831. The largest absolute Gasteiger partial charge is 0.391 e. The molecule has 0 saturated carbocycles. The van der Waals surface area contributed by atoms with Crippen LogP contribution in [0.15, 0.2) is 49.6 Å². The number of carbonyl (C=O) groups is 2. The molecule has 1 aliphatic heterocycles. The topological polar surface area (TPSA) is 57.6 Å². The SMILES string of the molecule is C=C[C@@H](C)CC[C@H](O)[C@H](C=C)N1C(=O)c2ccccc2C1=O. The van der Waals surface area contributed by atoms with Gasteiger partial charge in [-0.05, 0) is 30.9 Å². The Morgan fingerprint density at radius 1 is 1.09 bits per heavy atom. The summed E-state index contributed by atoms with van der Waals surface area (Å²) in [6, 6.07) is 5.98. The van der Waals surface area contributed by atoms with E-state index in [0.29, 0.717) is 17.5 Å². The van der Waals surface area contributed by atoms with Gasteiger partial charge in [-0.2, -0.15) is 0 Å². The molecule has 2 amide bonds. The van der Waals surface area contributed by atoms with E-state index >= 15 is 0 Å². The first-order valence-electron chi connectivity index (χ1n) is 7.41. The Balaban J connectivity index is 2.19. The van der Waals surface area contributed by atoms with E-state index in [1.54, 1.807) is 24.3 Å². The number of imide groups is 1. The van der Waals surface area contributed by atoms with Crippen LogP contribution in [0.1, 0.15) is 40.5 Å². The summed E-state index contributed by atoms with van der Waals surface area (Å²) >= 11 is 0. The molecule has 0 bridgehead atoms. The maximum atomic E-state index is 12.4. The van der Waals surface area contributed by atoms with Gasteiger partial charge >= 0.3 is 0 Å². The molecule has 0 fully saturated rings. The minimum Gasteiger partial charge on any atom is -0.391 e. The second-order valence-corrected chi connectivity index (χ2v) is 5.61. The van der Waals surface area contributed by atoms with Crippen molar-refractivity contribution in [1.29, 1.82) is 0 Å². The Kier molecular flexibility index (Phi) is 4.93. The second-order valence-electron chi connectivity index (χ2n) is 5.61. The fourth-order valence-electron chi connectivity index (χ4n) is 2.64. The van der Waals surface area contributed by atoms with Crippen LogP contribution in [0, 0.1) is 5.92 Å². The predicted octanol–water partition coefficient (Wildman–Crippen LogP) is 2.80. The molecule has 0 saturated heterocycles. The summed E-state index contributed by atoms with van der Waals surface area (Å²) in [6.45, 7) is 9.40. The molecular weight excluding hydrogens is 278 g/mol. The fourth-order valence-corrected chi connectivity index (χ4v) is 2.64. The molecule has 0 spiro atoms. The Bertz CT molecular complexity index is 573. The Hall–Kier alpha value is -2.20. The smallest absolute Gasteiger partial charge is 0.262 e. The van der Waals surface area contributed by atoms with Crippen LogP contribution in [0.3, 0.4) is 0 Å². The van der Waals surface area contributed by atoms with Crippen molar-refractivity contribution in [3.8, 4) is 0 Å². The number of amides is 2. The van der Waals surface area contributed by atoms with Crippen molar-refractivity contribution >= 4 is 11.8 Å². The summed E-state index contributed by atoms with van der Waals surface area (Å²) in [4.78, 5) is 26.0. The molecule has 22 heavy (non-hydrogen) atoms. The van der Waals surface area contributed by atoms with Crippen LogP contribution in [0.4, 0.5) is 0 Å². The third-order valence-electron chi connectivity index (χ3n) is 4.08. The van der Waals surface area contributed by atoms with Crippen molar-refractivity contribution in [3.05, 3.63) is 60.7 Å². The zero-order valence-electron chi connectivity index (χ0n) is 12.7. The predicted molar refractivity (Wildman–Crippen MR) is 85.5 cm³/mol. The molecule has 1 aromatic carbocycles. The van der Waals surface area contributed by atoms with E-state index in [0.717, 1.165) is 11.3 Å². The molecule has 1 heterocycles. The first-order valence-corrected chi connectivity index (χ1v) is 7.41. The van der Waals surface area contributed by atoms with Gasteiger partial charge < -0.3 is 5.11 Å². The standard InChI is InChI=1S/C18H21NO3/c1-4-12(3)10-11-16(20)15(5-2)19-17(21)13-8-6-7-9-14(13)18(19)22/h4-9,12,15-16,20H,1-2,10-11H2,3H3/t12-,15+,16+/m1/s1. The first-order chi connectivity index (χ1) is 10.5. The molecule has 2 rings (SSSR count). The van der Waals surface area contributed by atoms with Crippen molar-refractivity contribution in [2.75, 3.05) is 0 Å². The van der Waals surface area contributed by atoms with E-state index < -0.39 is 12.1 Å². The molecule has 0 radical (unpaired) electrons. The monoisotopic (exact) mass is 299 g/mol. The molecule has 116 valence electrons. The maximum Gasteiger partial charge on any atom is 0.262 e. The van der Waals surface area contributed by atoms with Gasteiger partial charge in [-0.3, -0.25) is 14.5 Å². The van der Waals surface area contributed by atoms with Gasteiger partial charge in [0.1, 0.15) is 0 Å². The molecular formula is C18H21NO3. The fraction of sp³-hybridized carbons (Fsp3) is 0.333. The van der Waals surface area contributed by atoms with Gasteiger partial charge in [0.05, 0.1) is 23.3 Å². The number of fused-ring (bicyclic) bond motifs is 1. The number of carbonyl (C=O) groups excluding carboxylic acids is 2. The van der Waals surface area contributed by atoms with Gasteiger partial charge in [0.2, 0.25) is 0 Å². The maximum absolute atomic E-state index is 12.4. The lowest BCUT2D eigenvalue weighted by Gasteiger charge is -2.28. The highest BCUT2D eigenvalue weighted by Gasteiger charge is 2.40. The minimum absolute atomic E-state index is 0.266. The van der Waals surface area contributed by atoms with E-state index in [4.69, 9.17) is 0 Å². The summed E-state index contributed by atoms with van der Waals surface area (Å²) in [5.41, 5.74) is 0.761. The number of aliphatic hydroxyl groups is 1. The summed E-state index contributed by atoms with van der Waals surface area (Å²) in [7, 11) is 0. The molecule has 4 nitrogen and oxygen atoms in total. The molecule has 0 unspecified atom stereocenters. The molecule has 0 aromatic heterocycles. The lowest BCUT2D eigenvalue weighted by Crippen LogP contribution is -2.45. The van der Waals surface area contributed by atoms with Gasteiger partial charge in [0.25, 0.3) is 11.8 Å². The van der Waals surface area contributed by atoms with Crippen molar-refractivity contribution in [2.24, 2.45) is 5.92 Å². The van der Waals surface area contributed by atoms with Crippen LogP contribution in [0.5, 0.6) is 0 Å². The molecule has 4 heteroatoms. The van der Waals surface area contributed by atoms with E-state index in [9.17, 15) is 14.7 Å². The van der Waals surface area contributed by atoms with E-state index in [-0.39, 0.29) is 17.7 Å². The number of allylic oxidation sites excluding steroid dienone is 1. The zero-order valence-corrected chi connectivity index (χ0v) is 12.7. The van der Waals surface area contributed by atoms with Crippen LogP contribution in [0.2, 0.25) is 0 Å². The zero-order chi connectivity index (χ0) is 16.3. The van der Waals surface area contributed by atoms with Gasteiger partial charge in [0, 0.05) is 0 Å². The highest BCUT2D eigenvalue weighted by molar-refractivity contribution is 6.21. The quantitative estimate of drug-likeness (QED) is 0.622. The van der Waals surface area contributed by atoms with E-state index in [1.807, 2.05) is 13.0 Å². The lowest BCUT2D eigenvalue weighted by atomic mass is 9.98. The van der Waals surface area contributed by atoms with E-state index in [1.165, 1.54) is 6.08 Å². The van der Waals surface area contributed by atoms with Gasteiger partial charge in [-0.25, -0.2) is 0 Å². The number of nitrogens with zero attached hydrogens (tertiary/aromatic N) is 1. The van der Waals surface area contributed by atoms with Crippen molar-refractivity contribution < 1.29 is 14.7 Å².